The van der Waals surface area contributed by atoms with E-state index < -0.39 is 6.61 Å². The largest absolute Gasteiger partial charge is 0.435 e. The Kier molecular flexibility index (Phi) is 9.11. The molecule has 0 saturated carbocycles. The number of alkyl halides is 2. The lowest BCUT2D eigenvalue weighted by molar-refractivity contribution is -0.130. The molecule has 1 fully saturated rings. The van der Waals surface area contributed by atoms with E-state index in [0.717, 1.165) is 50.8 Å². The minimum Gasteiger partial charge on any atom is -0.435 e. The van der Waals surface area contributed by atoms with Crippen LogP contribution in [0.5, 0.6) is 5.75 Å². The number of nitrogens with one attached hydrogen (secondary N) is 1. The topological polar surface area (TPSA) is 60.4 Å². The third-order valence-electron chi connectivity index (χ3n) is 4.76. The number of nitrogens with zero attached hydrogens (tertiary/aromatic N) is 4. The second-order valence-electron chi connectivity index (χ2n) is 6.96. The SMILES string of the molecule is CCNC(=NCCN1CCN(C(C)=O)CC1)N(C)Cc1ccc(OC(F)F)cc1. The summed E-state index contributed by atoms with van der Waals surface area (Å²) in [7, 11) is 1.94. The van der Waals surface area contributed by atoms with E-state index in [0.29, 0.717) is 13.1 Å². The van der Waals surface area contributed by atoms with Crippen LogP contribution in [0, 0.1) is 0 Å². The van der Waals surface area contributed by atoms with Gasteiger partial charge in [-0.2, -0.15) is 8.78 Å². The van der Waals surface area contributed by atoms with E-state index in [1.165, 1.54) is 0 Å². The Balaban J connectivity index is 1.84. The number of amides is 1. The highest BCUT2D eigenvalue weighted by Gasteiger charge is 2.18. The van der Waals surface area contributed by atoms with Crippen LogP contribution in [-0.4, -0.2) is 86.0 Å². The predicted molar refractivity (Wildman–Crippen MR) is 109 cm³/mol. The standard InChI is InChI=1S/C20H31F2N5O2/c1-4-23-20(24-9-10-26-11-13-27(14-12-26)16(2)28)25(3)15-17-5-7-18(8-6-17)29-19(21)22/h5-8,19H,4,9-15H2,1-3H3,(H,23,24). The van der Waals surface area contributed by atoms with Gasteiger partial charge in [0, 0.05) is 59.8 Å². The minimum atomic E-state index is -2.82. The van der Waals surface area contributed by atoms with Crippen LogP contribution < -0.4 is 10.1 Å². The fourth-order valence-electron chi connectivity index (χ4n) is 3.18. The van der Waals surface area contributed by atoms with Crippen molar-refractivity contribution in [3.05, 3.63) is 29.8 Å². The third-order valence-corrected chi connectivity index (χ3v) is 4.76. The smallest absolute Gasteiger partial charge is 0.387 e. The summed E-state index contributed by atoms with van der Waals surface area (Å²) in [6.07, 6.45) is 0. The highest BCUT2D eigenvalue weighted by Crippen LogP contribution is 2.15. The molecule has 0 radical (unpaired) electrons. The lowest BCUT2D eigenvalue weighted by Crippen LogP contribution is -2.48. The van der Waals surface area contributed by atoms with Crippen molar-refractivity contribution in [2.45, 2.75) is 27.0 Å². The number of benzene rings is 1. The van der Waals surface area contributed by atoms with Crippen molar-refractivity contribution in [2.24, 2.45) is 4.99 Å². The molecule has 0 aromatic heterocycles. The summed E-state index contributed by atoms with van der Waals surface area (Å²) in [6.45, 7) is 6.93. The maximum atomic E-state index is 12.3. The highest BCUT2D eigenvalue weighted by molar-refractivity contribution is 5.79. The van der Waals surface area contributed by atoms with Gasteiger partial charge in [-0.15, -0.1) is 0 Å². The maximum absolute atomic E-state index is 12.3. The summed E-state index contributed by atoms with van der Waals surface area (Å²) in [5, 5.41) is 3.28. The van der Waals surface area contributed by atoms with Crippen LogP contribution in [0.3, 0.4) is 0 Å². The molecule has 2 rings (SSSR count). The Bertz CT molecular complexity index is 661. The Labute approximate surface area is 171 Å². The molecule has 1 N–H and O–H groups in total. The van der Waals surface area contributed by atoms with Crippen molar-refractivity contribution in [3.63, 3.8) is 0 Å². The summed E-state index contributed by atoms with van der Waals surface area (Å²) in [4.78, 5) is 22.3. The molecule has 1 heterocycles. The molecular weight excluding hydrogens is 380 g/mol. The predicted octanol–water partition coefficient (Wildman–Crippen LogP) is 1.85. The van der Waals surface area contributed by atoms with Gasteiger partial charge < -0.3 is 19.9 Å². The first kappa shape index (κ1) is 22.9. The van der Waals surface area contributed by atoms with E-state index >= 15 is 0 Å². The van der Waals surface area contributed by atoms with Gasteiger partial charge in [-0.05, 0) is 24.6 Å². The lowest BCUT2D eigenvalue weighted by atomic mass is 10.2. The average molecular weight is 411 g/mol. The number of ether oxygens (including phenoxy) is 1. The van der Waals surface area contributed by atoms with Crippen LogP contribution in [0.1, 0.15) is 19.4 Å². The Hall–Kier alpha value is -2.42. The van der Waals surface area contributed by atoms with Crippen LogP contribution in [0.2, 0.25) is 0 Å². The van der Waals surface area contributed by atoms with E-state index in [-0.39, 0.29) is 11.7 Å². The summed E-state index contributed by atoms with van der Waals surface area (Å²) < 4.78 is 28.9. The Morgan fingerprint density at radius 2 is 1.90 bits per heavy atom. The first-order chi connectivity index (χ1) is 13.9. The Morgan fingerprint density at radius 3 is 2.45 bits per heavy atom. The number of piperazine rings is 1. The minimum absolute atomic E-state index is 0.132. The van der Waals surface area contributed by atoms with Gasteiger partial charge in [0.1, 0.15) is 5.75 Å². The van der Waals surface area contributed by atoms with Gasteiger partial charge in [0.05, 0.1) is 6.54 Å². The van der Waals surface area contributed by atoms with Crippen molar-refractivity contribution < 1.29 is 18.3 Å². The van der Waals surface area contributed by atoms with Gasteiger partial charge in [0.2, 0.25) is 5.91 Å². The molecular formula is C20H31F2N5O2. The molecule has 0 spiro atoms. The van der Waals surface area contributed by atoms with Crippen molar-refractivity contribution in [1.29, 1.82) is 0 Å². The highest BCUT2D eigenvalue weighted by atomic mass is 19.3. The number of hydrogen-bond donors (Lipinski definition) is 1. The Morgan fingerprint density at radius 1 is 1.24 bits per heavy atom. The van der Waals surface area contributed by atoms with E-state index in [9.17, 15) is 13.6 Å². The second-order valence-corrected chi connectivity index (χ2v) is 6.96. The van der Waals surface area contributed by atoms with Gasteiger partial charge in [0.15, 0.2) is 5.96 Å². The number of aliphatic imine (C=N–C) groups is 1. The zero-order valence-corrected chi connectivity index (χ0v) is 17.4. The monoisotopic (exact) mass is 411 g/mol. The molecule has 29 heavy (non-hydrogen) atoms. The maximum Gasteiger partial charge on any atom is 0.387 e. The van der Waals surface area contributed by atoms with Crippen molar-refractivity contribution in [2.75, 3.05) is 52.9 Å². The van der Waals surface area contributed by atoms with Gasteiger partial charge in [0.25, 0.3) is 0 Å². The van der Waals surface area contributed by atoms with Gasteiger partial charge in [-0.1, -0.05) is 12.1 Å². The van der Waals surface area contributed by atoms with Gasteiger partial charge in [-0.3, -0.25) is 14.7 Å². The molecule has 1 aromatic rings. The molecule has 1 aliphatic rings. The molecule has 1 saturated heterocycles. The van der Waals surface area contributed by atoms with Crippen LogP contribution in [-0.2, 0) is 11.3 Å². The number of carbonyl (C=O) groups excluding carboxylic acids is 1. The quantitative estimate of drug-likeness (QED) is 0.523. The molecule has 162 valence electrons. The van der Waals surface area contributed by atoms with Gasteiger partial charge >= 0.3 is 6.61 Å². The zero-order valence-electron chi connectivity index (χ0n) is 17.4. The molecule has 1 aromatic carbocycles. The summed E-state index contributed by atoms with van der Waals surface area (Å²) in [5.74, 6) is 1.08. The van der Waals surface area contributed by atoms with E-state index in [1.807, 2.05) is 23.8 Å². The van der Waals surface area contributed by atoms with Crippen LogP contribution in [0.4, 0.5) is 8.78 Å². The number of guanidine groups is 1. The first-order valence-electron chi connectivity index (χ1n) is 9.90. The molecule has 7 nitrogen and oxygen atoms in total. The molecule has 9 heteroatoms. The molecule has 0 atom stereocenters. The van der Waals surface area contributed by atoms with Crippen molar-refractivity contribution >= 4 is 11.9 Å². The summed E-state index contributed by atoms with van der Waals surface area (Å²) in [6, 6.07) is 6.62. The van der Waals surface area contributed by atoms with Crippen LogP contribution >= 0.6 is 0 Å². The van der Waals surface area contributed by atoms with Gasteiger partial charge in [-0.25, -0.2) is 0 Å². The van der Waals surface area contributed by atoms with Crippen molar-refractivity contribution in [3.8, 4) is 5.75 Å². The van der Waals surface area contributed by atoms with Crippen LogP contribution in [0.15, 0.2) is 29.3 Å². The fraction of sp³-hybridized carbons (Fsp3) is 0.600. The number of carbonyl (C=O) groups is 1. The number of halogens is 2. The van der Waals surface area contributed by atoms with E-state index in [4.69, 9.17) is 4.99 Å². The van der Waals surface area contributed by atoms with E-state index in [2.05, 4.69) is 15.0 Å². The summed E-state index contributed by atoms with van der Waals surface area (Å²) >= 11 is 0. The molecule has 1 aliphatic heterocycles. The third kappa shape index (κ3) is 7.84. The summed E-state index contributed by atoms with van der Waals surface area (Å²) in [5.41, 5.74) is 0.972. The zero-order chi connectivity index (χ0) is 21.2. The second kappa shape index (κ2) is 11.5. The van der Waals surface area contributed by atoms with Crippen molar-refractivity contribution in [1.82, 2.24) is 20.0 Å². The number of rotatable bonds is 8. The fourth-order valence-corrected chi connectivity index (χ4v) is 3.18. The first-order valence-corrected chi connectivity index (χ1v) is 9.90. The van der Waals surface area contributed by atoms with E-state index in [1.54, 1.807) is 31.2 Å². The molecule has 1 amide bonds. The normalized spacial score (nSPS) is 15.5. The molecule has 0 bridgehead atoms. The molecule has 0 aliphatic carbocycles. The van der Waals surface area contributed by atoms with Crippen LogP contribution in [0.25, 0.3) is 0 Å². The molecule has 0 unspecified atom stereocenters. The number of hydrogen-bond acceptors (Lipinski definition) is 4. The lowest BCUT2D eigenvalue weighted by Gasteiger charge is -2.33. The average Bonchev–Trinajstić information content (AvgIpc) is 2.68.